The largest absolute Gasteiger partial charge is 0.411 e. The Morgan fingerprint density at radius 1 is 1.21 bits per heavy atom. The lowest BCUT2D eigenvalue weighted by Gasteiger charge is -2.23. The number of nitrogens with zero attached hydrogens (tertiary/aromatic N) is 3. The summed E-state index contributed by atoms with van der Waals surface area (Å²) in [6, 6.07) is 7.94. The van der Waals surface area contributed by atoms with Crippen molar-refractivity contribution in [3.8, 4) is 11.5 Å². The van der Waals surface area contributed by atoms with E-state index in [1.54, 1.807) is 0 Å². The fraction of sp³-hybridized carbons (Fsp3) is 0.500. The summed E-state index contributed by atoms with van der Waals surface area (Å²) in [5, 5.41) is 8.42. The molecule has 1 aromatic heterocycles. The van der Waals surface area contributed by atoms with E-state index in [2.05, 4.69) is 10.2 Å². The van der Waals surface area contributed by atoms with Gasteiger partial charge in [0.25, 0.3) is 5.22 Å². The second-order valence-electron chi connectivity index (χ2n) is 6.24. The van der Waals surface area contributed by atoms with Crippen LogP contribution in [-0.4, -0.2) is 39.3 Å². The molecule has 1 atom stereocenters. The van der Waals surface area contributed by atoms with Gasteiger partial charge < -0.3 is 9.32 Å². The first kappa shape index (κ1) is 17.0. The van der Waals surface area contributed by atoms with Crippen LogP contribution in [-0.2, 0) is 4.79 Å². The number of amides is 1. The van der Waals surface area contributed by atoms with Crippen molar-refractivity contribution in [3.63, 3.8) is 0 Å². The highest BCUT2D eigenvalue weighted by Crippen LogP contribution is 2.27. The lowest BCUT2D eigenvalue weighted by atomic mass is 10.1. The molecule has 0 unspecified atom stereocenters. The normalized spacial score (nSPS) is 16.7. The van der Waals surface area contributed by atoms with E-state index in [0.717, 1.165) is 37.1 Å². The van der Waals surface area contributed by atoms with Crippen LogP contribution in [0.4, 0.5) is 0 Å². The predicted molar refractivity (Wildman–Crippen MR) is 94.8 cm³/mol. The maximum absolute atomic E-state index is 12.6. The van der Waals surface area contributed by atoms with E-state index in [1.807, 2.05) is 43.0 Å². The smallest absolute Gasteiger partial charge is 0.277 e. The Kier molecular flexibility index (Phi) is 5.56. The van der Waals surface area contributed by atoms with Gasteiger partial charge in [-0.25, -0.2) is 0 Å². The molecule has 24 heavy (non-hydrogen) atoms. The van der Waals surface area contributed by atoms with Crippen molar-refractivity contribution < 1.29 is 9.21 Å². The van der Waals surface area contributed by atoms with Gasteiger partial charge in [0.05, 0.1) is 5.25 Å². The monoisotopic (exact) mass is 345 g/mol. The number of rotatable bonds is 4. The summed E-state index contributed by atoms with van der Waals surface area (Å²) in [5.74, 6) is 0.660. The van der Waals surface area contributed by atoms with Crippen molar-refractivity contribution in [2.24, 2.45) is 0 Å². The SMILES string of the molecule is Cc1cccc(-c2nnc(S[C@@H](C)C(=O)N3CCCCCC3)o2)c1. The minimum Gasteiger partial charge on any atom is -0.411 e. The molecule has 5 nitrogen and oxygen atoms in total. The fourth-order valence-electron chi connectivity index (χ4n) is 2.90. The Labute approximate surface area is 146 Å². The summed E-state index contributed by atoms with van der Waals surface area (Å²) >= 11 is 1.34. The molecule has 0 aliphatic carbocycles. The predicted octanol–water partition coefficient (Wildman–Crippen LogP) is 3.93. The molecule has 1 saturated heterocycles. The molecular weight excluding hydrogens is 322 g/mol. The first-order chi connectivity index (χ1) is 11.6. The molecule has 128 valence electrons. The average Bonchev–Trinajstić information content (AvgIpc) is 2.87. The summed E-state index contributed by atoms with van der Waals surface area (Å²) in [6.07, 6.45) is 4.63. The van der Waals surface area contributed by atoms with Gasteiger partial charge in [0.2, 0.25) is 11.8 Å². The molecule has 1 aromatic carbocycles. The van der Waals surface area contributed by atoms with Crippen LogP contribution in [0, 0.1) is 6.92 Å². The molecule has 0 N–H and O–H groups in total. The van der Waals surface area contributed by atoms with Gasteiger partial charge in [-0.1, -0.05) is 42.3 Å². The van der Waals surface area contributed by atoms with Crippen LogP contribution >= 0.6 is 11.8 Å². The maximum Gasteiger partial charge on any atom is 0.277 e. The van der Waals surface area contributed by atoms with Crippen molar-refractivity contribution in [1.82, 2.24) is 15.1 Å². The van der Waals surface area contributed by atoms with E-state index in [4.69, 9.17) is 4.42 Å². The molecule has 0 bridgehead atoms. The summed E-state index contributed by atoms with van der Waals surface area (Å²) in [7, 11) is 0. The number of thioether (sulfide) groups is 1. The molecule has 2 heterocycles. The first-order valence-electron chi connectivity index (χ1n) is 8.49. The summed E-state index contributed by atoms with van der Waals surface area (Å²) in [4.78, 5) is 14.6. The van der Waals surface area contributed by atoms with Crippen LogP contribution in [0.5, 0.6) is 0 Å². The van der Waals surface area contributed by atoms with Crippen molar-refractivity contribution in [2.75, 3.05) is 13.1 Å². The molecular formula is C18H23N3O2S. The van der Waals surface area contributed by atoms with Gasteiger partial charge in [0, 0.05) is 18.7 Å². The standard InChI is InChI=1S/C18H23N3O2S/c1-13-8-7-9-15(12-13)16-19-20-18(23-16)24-14(2)17(22)21-10-5-3-4-6-11-21/h7-9,12,14H,3-6,10-11H2,1-2H3/t14-/m0/s1. The van der Waals surface area contributed by atoms with E-state index in [9.17, 15) is 4.79 Å². The molecule has 1 aliphatic rings. The molecule has 6 heteroatoms. The van der Waals surface area contributed by atoms with Crippen LogP contribution in [0.3, 0.4) is 0 Å². The highest BCUT2D eigenvalue weighted by Gasteiger charge is 2.24. The third-order valence-corrected chi connectivity index (χ3v) is 5.14. The zero-order valence-electron chi connectivity index (χ0n) is 14.2. The van der Waals surface area contributed by atoms with Gasteiger partial charge in [-0.3, -0.25) is 4.79 Å². The maximum atomic E-state index is 12.6. The molecule has 1 fully saturated rings. The Balaban J connectivity index is 1.64. The van der Waals surface area contributed by atoms with Gasteiger partial charge in [-0.2, -0.15) is 0 Å². The topological polar surface area (TPSA) is 59.2 Å². The third kappa shape index (κ3) is 4.17. The fourth-order valence-corrected chi connectivity index (χ4v) is 3.67. The zero-order valence-corrected chi connectivity index (χ0v) is 15.0. The number of likely N-dealkylation sites (tertiary alicyclic amines) is 1. The van der Waals surface area contributed by atoms with Crippen LogP contribution in [0.25, 0.3) is 11.5 Å². The average molecular weight is 345 g/mol. The lowest BCUT2D eigenvalue weighted by molar-refractivity contribution is -0.130. The quantitative estimate of drug-likeness (QED) is 0.786. The Bertz CT molecular complexity index is 693. The molecule has 2 aromatic rings. The number of aryl methyl sites for hydroxylation is 1. The number of carbonyl (C=O) groups is 1. The Hall–Kier alpha value is -1.82. The minimum atomic E-state index is -0.214. The number of aromatic nitrogens is 2. The van der Waals surface area contributed by atoms with Crippen LogP contribution < -0.4 is 0 Å². The summed E-state index contributed by atoms with van der Waals surface area (Å²) in [5.41, 5.74) is 2.05. The second kappa shape index (κ2) is 7.83. The first-order valence-corrected chi connectivity index (χ1v) is 9.37. The Morgan fingerprint density at radius 3 is 2.67 bits per heavy atom. The third-order valence-electron chi connectivity index (χ3n) is 4.21. The van der Waals surface area contributed by atoms with Gasteiger partial charge in [-0.15, -0.1) is 10.2 Å². The van der Waals surface area contributed by atoms with Gasteiger partial charge >= 0.3 is 0 Å². The van der Waals surface area contributed by atoms with Gasteiger partial charge in [0.15, 0.2) is 0 Å². The summed E-state index contributed by atoms with van der Waals surface area (Å²) in [6.45, 7) is 5.66. The lowest BCUT2D eigenvalue weighted by Crippen LogP contribution is -2.37. The molecule has 0 saturated carbocycles. The molecule has 0 spiro atoms. The zero-order chi connectivity index (χ0) is 16.9. The van der Waals surface area contributed by atoms with Crippen molar-refractivity contribution in [2.45, 2.75) is 50.0 Å². The molecule has 1 amide bonds. The van der Waals surface area contributed by atoms with Crippen molar-refractivity contribution in [1.29, 1.82) is 0 Å². The summed E-state index contributed by atoms with van der Waals surface area (Å²) < 4.78 is 5.73. The number of carbonyl (C=O) groups excluding carboxylic acids is 1. The van der Waals surface area contributed by atoms with Crippen molar-refractivity contribution >= 4 is 17.7 Å². The van der Waals surface area contributed by atoms with E-state index >= 15 is 0 Å². The van der Waals surface area contributed by atoms with Crippen LogP contribution in [0.2, 0.25) is 0 Å². The van der Waals surface area contributed by atoms with Crippen LogP contribution in [0.15, 0.2) is 33.9 Å². The number of hydrogen-bond acceptors (Lipinski definition) is 5. The molecule has 3 rings (SSSR count). The highest BCUT2D eigenvalue weighted by atomic mass is 32.2. The molecule has 0 radical (unpaired) electrons. The minimum absolute atomic E-state index is 0.164. The highest BCUT2D eigenvalue weighted by molar-refractivity contribution is 8.00. The number of benzene rings is 1. The van der Waals surface area contributed by atoms with Gasteiger partial charge in [-0.05, 0) is 38.8 Å². The van der Waals surface area contributed by atoms with E-state index < -0.39 is 0 Å². The van der Waals surface area contributed by atoms with Crippen LogP contribution in [0.1, 0.15) is 38.2 Å². The van der Waals surface area contributed by atoms with E-state index in [-0.39, 0.29) is 11.2 Å². The van der Waals surface area contributed by atoms with Gasteiger partial charge in [0.1, 0.15) is 0 Å². The van der Waals surface area contributed by atoms with E-state index in [0.29, 0.717) is 11.1 Å². The second-order valence-corrected chi connectivity index (χ2v) is 7.53. The number of hydrogen-bond donors (Lipinski definition) is 0. The van der Waals surface area contributed by atoms with E-state index in [1.165, 1.54) is 24.6 Å². The molecule has 1 aliphatic heterocycles. The van der Waals surface area contributed by atoms with Crippen molar-refractivity contribution in [3.05, 3.63) is 29.8 Å². The Morgan fingerprint density at radius 2 is 1.96 bits per heavy atom.